The molecule has 2 rings (SSSR count). The highest BCUT2D eigenvalue weighted by Gasteiger charge is 2.27. The Hall–Kier alpha value is -1.66. The standard InChI is InChI=1S/C9H15NO.C4H4O4/c11-6-7-2-1-3-8-4-5-9(7)10-8;5-3(6)1-2-4(7)8/h2,8-11H,1,3-6H2;1-2H,(H,5,6)(H,7,8)/b;2-1+/t8?,9-;/m1./s1. The molecular weight excluding hydrogens is 250 g/mol. The van der Waals surface area contributed by atoms with Crippen molar-refractivity contribution in [3.8, 4) is 0 Å². The van der Waals surface area contributed by atoms with Crippen LogP contribution in [0.15, 0.2) is 23.8 Å². The molecule has 0 saturated carbocycles. The number of aliphatic carboxylic acids is 2. The van der Waals surface area contributed by atoms with E-state index in [1.807, 2.05) is 0 Å². The van der Waals surface area contributed by atoms with Crippen LogP contribution in [0.2, 0.25) is 0 Å². The molecule has 4 N–H and O–H groups in total. The van der Waals surface area contributed by atoms with Crippen LogP contribution in [-0.2, 0) is 9.59 Å². The molecule has 0 aliphatic carbocycles. The van der Waals surface area contributed by atoms with Gasteiger partial charge in [0.05, 0.1) is 6.61 Å². The van der Waals surface area contributed by atoms with E-state index in [-0.39, 0.29) is 6.61 Å². The third-order valence-corrected chi connectivity index (χ3v) is 3.16. The number of allylic oxidation sites excluding steroid dienone is 1. The van der Waals surface area contributed by atoms with Gasteiger partial charge >= 0.3 is 11.9 Å². The summed E-state index contributed by atoms with van der Waals surface area (Å²) in [4.78, 5) is 19.1. The first-order valence-electron chi connectivity index (χ1n) is 6.22. The summed E-state index contributed by atoms with van der Waals surface area (Å²) >= 11 is 0. The summed E-state index contributed by atoms with van der Waals surface area (Å²) in [6, 6.07) is 1.22. The lowest BCUT2D eigenvalue weighted by molar-refractivity contribution is -0.134. The maximum absolute atomic E-state index is 9.55. The van der Waals surface area contributed by atoms with Crippen molar-refractivity contribution in [3.05, 3.63) is 23.8 Å². The van der Waals surface area contributed by atoms with Crippen LogP contribution in [0.1, 0.15) is 25.7 Å². The van der Waals surface area contributed by atoms with E-state index in [1.165, 1.54) is 24.8 Å². The number of aliphatic hydroxyl groups is 1. The Morgan fingerprint density at radius 1 is 1.21 bits per heavy atom. The number of hydrogen-bond donors (Lipinski definition) is 4. The van der Waals surface area contributed by atoms with E-state index < -0.39 is 11.9 Å². The van der Waals surface area contributed by atoms with Gasteiger partial charge in [-0.2, -0.15) is 0 Å². The molecule has 2 heterocycles. The summed E-state index contributed by atoms with van der Waals surface area (Å²) in [6.45, 7) is 0.240. The van der Waals surface area contributed by atoms with Crippen LogP contribution in [0.4, 0.5) is 0 Å². The quantitative estimate of drug-likeness (QED) is 0.440. The number of carboxylic acid groups (broad SMARTS) is 2. The van der Waals surface area contributed by atoms with Crippen molar-refractivity contribution in [1.29, 1.82) is 0 Å². The Labute approximate surface area is 111 Å². The molecule has 1 saturated heterocycles. The van der Waals surface area contributed by atoms with Crippen molar-refractivity contribution < 1.29 is 24.9 Å². The fourth-order valence-corrected chi connectivity index (χ4v) is 2.27. The first-order chi connectivity index (χ1) is 9.02. The van der Waals surface area contributed by atoms with Crippen molar-refractivity contribution in [3.63, 3.8) is 0 Å². The number of nitrogens with one attached hydrogen (secondary N) is 1. The fourth-order valence-electron chi connectivity index (χ4n) is 2.27. The molecule has 2 atom stereocenters. The van der Waals surface area contributed by atoms with Crippen molar-refractivity contribution in [2.24, 2.45) is 0 Å². The highest BCUT2D eigenvalue weighted by molar-refractivity contribution is 5.89. The van der Waals surface area contributed by atoms with Crippen LogP contribution in [0.5, 0.6) is 0 Å². The summed E-state index contributed by atoms with van der Waals surface area (Å²) in [7, 11) is 0. The number of aliphatic hydroxyl groups excluding tert-OH is 1. The summed E-state index contributed by atoms with van der Waals surface area (Å²) < 4.78 is 0. The van der Waals surface area contributed by atoms with Crippen LogP contribution < -0.4 is 5.32 Å². The topological polar surface area (TPSA) is 107 Å². The van der Waals surface area contributed by atoms with E-state index >= 15 is 0 Å². The van der Waals surface area contributed by atoms with Gasteiger partial charge in [0.15, 0.2) is 0 Å². The normalized spacial score (nSPS) is 25.2. The Kier molecular flexibility index (Phi) is 6.24. The molecule has 2 aliphatic rings. The van der Waals surface area contributed by atoms with Gasteiger partial charge in [-0.25, -0.2) is 9.59 Å². The minimum atomic E-state index is -1.26. The molecule has 2 bridgehead atoms. The van der Waals surface area contributed by atoms with Crippen molar-refractivity contribution in [2.75, 3.05) is 6.61 Å². The van der Waals surface area contributed by atoms with Gasteiger partial charge in [0.25, 0.3) is 0 Å². The number of hydrogen-bond acceptors (Lipinski definition) is 4. The highest BCUT2D eigenvalue weighted by atomic mass is 16.4. The Morgan fingerprint density at radius 2 is 1.84 bits per heavy atom. The monoisotopic (exact) mass is 269 g/mol. The zero-order chi connectivity index (χ0) is 14.3. The predicted molar refractivity (Wildman–Crippen MR) is 68.8 cm³/mol. The van der Waals surface area contributed by atoms with Crippen molar-refractivity contribution in [1.82, 2.24) is 5.32 Å². The molecule has 0 aromatic heterocycles. The van der Waals surface area contributed by atoms with Crippen molar-refractivity contribution in [2.45, 2.75) is 37.8 Å². The second kappa shape index (κ2) is 7.70. The third-order valence-electron chi connectivity index (χ3n) is 3.16. The smallest absolute Gasteiger partial charge is 0.328 e. The highest BCUT2D eigenvalue weighted by Crippen LogP contribution is 2.25. The molecule has 2 aliphatic heterocycles. The largest absolute Gasteiger partial charge is 0.478 e. The molecule has 1 fully saturated rings. The van der Waals surface area contributed by atoms with E-state index in [0.717, 1.165) is 12.5 Å². The van der Waals surface area contributed by atoms with Gasteiger partial charge in [0.1, 0.15) is 0 Å². The molecule has 1 unspecified atom stereocenters. The molecular formula is C13H19NO5. The number of rotatable bonds is 3. The molecule has 0 amide bonds. The van der Waals surface area contributed by atoms with Gasteiger partial charge in [0, 0.05) is 24.2 Å². The Balaban J connectivity index is 0.000000203. The van der Waals surface area contributed by atoms with Crippen LogP contribution in [0, 0.1) is 0 Å². The van der Waals surface area contributed by atoms with Crippen LogP contribution in [-0.4, -0.2) is 45.9 Å². The molecule has 0 aromatic rings. The van der Waals surface area contributed by atoms with Gasteiger partial charge in [0.2, 0.25) is 0 Å². The van der Waals surface area contributed by atoms with E-state index in [9.17, 15) is 9.59 Å². The van der Waals surface area contributed by atoms with Crippen LogP contribution >= 0.6 is 0 Å². The lowest BCUT2D eigenvalue weighted by atomic mass is 10.0. The minimum Gasteiger partial charge on any atom is -0.478 e. The van der Waals surface area contributed by atoms with Gasteiger partial charge in [-0.15, -0.1) is 0 Å². The molecule has 0 aromatic carbocycles. The number of fused-ring (bicyclic) bond motifs is 2. The summed E-state index contributed by atoms with van der Waals surface area (Å²) in [5, 5.41) is 28.2. The molecule has 19 heavy (non-hydrogen) atoms. The molecule has 6 heteroatoms. The first kappa shape index (κ1) is 15.4. The molecule has 0 spiro atoms. The second-order valence-electron chi connectivity index (χ2n) is 4.52. The predicted octanol–water partition coefficient (Wildman–Crippen LogP) is 0.531. The number of carbonyl (C=O) groups is 2. The summed E-state index contributed by atoms with van der Waals surface area (Å²) in [5.41, 5.74) is 1.21. The van der Waals surface area contributed by atoms with E-state index in [1.54, 1.807) is 0 Å². The first-order valence-corrected chi connectivity index (χ1v) is 6.22. The zero-order valence-electron chi connectivity index (χ0n) is 10.6. The molecule has 106 valence electrons. The SMILES string of the molecule is O=C(O)/C=C/C(=O)O.OCC1=CCCC2CC[C@H]1N2. The van der Waals surface area contributed by atoms with Crippen molar-refractivity contribution >= 4 is 11.9 Å². The zero-order valence-corrected chi connectivity index (χ0v) is 10.6. The van der Waals surface area contributed by atoms with Gasteiger partial charge in [-0.1, -0.05) is 6.08 Å². The fraction of sp³-hybridized carbons (Fsp3) is 0.538. The molecule has 0 radical (unpaired) electrons. The van der Waals surface area contributed by atoms with E-state index in [0.29, 0.717) is 18.2 Å². The lowest BCUT2D eigenvalue weighted by Crippen LogP contribution is -2.29. The maximum atomic E-state index is 9.55. The van der Waals surface area contributed by atoms with Crippen LogP contribution in [0.25, 0.3) is 0 Å². The van der Waals surface area contributed by atoms with Gasteiger partial charge < -0.3 is 20.6 Å². The van der Waals surface area contributed by atoms with E-state index in [2.05, 4.69) is 11.4 Å². The summed E-state index contributed by atoms with van der Waals surface area (Å²) in [6.07, 6.45) is 8.23. The van der Waals surface area contributed by atoms with Crippen LogP contribution in [0.3, 0.4) is 0 Å². The van der Waals surface area contributed by atoms with E-state index in [4.69, 9.17) is 15.3 Å². The number of carboxylic acids is 2. The summed E-state index contributed by atoms with van der Waals surface area (Å²) in [5.74, 6) is -2.51. The second-order valence-corrected chi connectivity index (χ2v) is 4.52. The van der Waals surface area contributed by atoms with Gasteiger partial charge in [-0.3, -0.25) is 0 Å². The Bertz CT molecular complexity index is 372. The minimum absolute atomic E-state index is 0.240. The third kappa shape index (κ3) is 5.67. The average molecular weight is 269 g/mol. The average Bonchev–Trinajstić information content (AvgIpc) is 2.70. The maximum Gasteiger partial charge on any atom is 0.328 e. The van der Waals surface area contributed by atoms with Gasteiger partial charge in [-0.05, 0) is 31.3 Å². The lowest BCUT2D eigenvalue weighted by Gasteiger charge is -2.11. The Morgan fingerprint density at radius 3 is 2.37 bits per heavy atom. The molecule has 6 nitrogen and oxygen atoms in total.